The van der Waals surface area contributed by atoms with Gasteiger partial charge in [0.05, 0.1) is 17.2 Å². The third kappa shape index (κ3) is 3.66. The van der Waals surface area contributed by atoms with Crippen molar-refractivity contribution >= 4 is 40.2 Å². The fourth-order valence-corrected chi connectivity index (χ4v) is 2.60. The Balaban J connectivity index is 2.13. The van der Waals surface area contributed by atoms with Gasteiger partial charge in [-0.2, -0.15) is 0 Å². The van der Waals surface area contributed by atoms with E-state index >= 15 is 0 Å². The summed E-state index contributed by atoms with van der Waals surface area (Å²) in [6, 6.07) is 4.97. The van der Waals surface area contributed by atoms with Crippen molar-refractivity contribution < 1.29 is 14.7 Å². The van der Waals surface area contributed by atoms with E-state index < -0.39 is 5.97 Å². The molecule has 3 N–H and O–H groups in total. The summed E-state index contributed by atoms with van der Waals surface area (Å²) in [6.45, 7) is 1.59. The summed E-state index contributed by atoms with van der Waals surface area (Å²) in [5.41, 5.74) is 0.493. The zero-order chi connectivity index (χ0) is 13.8. The van der Waals surface area contributed by atoms with Gasteiger partial charge in [-0.05, 0) is 60.2 Å². The van der Waals surface area contributed by atoms with Gasteiger partial charge in [0.2, 0.25) is 5.91 Å². The molecule has 1 fully saturated rings. The highest BCUT2D eigenvalue weighted by molar-refractivity contribution is 14.1. The van der Waals surface area contributed by atoms with Crippen molar-refractivity contribution in [3.8, 4) is 0 Å². The summed E-state index contributed by atoms with van der Waals surface area (Å²) in [7, 11) is 0. The average molecular weight is 374 g/mol. The number of anilines is 1. The van der Waals surface area contributed by atoms with E-state index in [1.54, 1.807) is 18.2 Å². The number of amides is 1. The number of carboxylic acid groups (broad SMARTS) is 1. The van der Waals surface area contributed by atoms with Crippen molar-refractivity contribution in [2.75, 3.05) is 18.4 Å². The van der Waals surface area contributed by atoms with Crippen LogP contribution in [0.5, 0.6) is 0 Å². The lowest BCUT2D eigenvalue weighted by Crippen LogP contribution is -2.37. The minimum atomic E-state index is -1.03. The van der Waals surface area contributed by atoms with Gasteiger partial charge in [0.25, 0.3) is 0 Å². The third-order valence-electron chi connectivity index (χ3n) is 3.14. The fraction of sp³-hybridized carbons (Fsp3) is 0.385. The molecule has 19 heavy (non-hydrogen) atoms. The molecule has 1 atom stereocenters. The van der Waals surface area contributed by atoms with Crippen molar-refractivity contribution in [1.29, 1.82) is 0 Å². The summed E-state index contributed by atoms with van der Waals surface area (Å²) < 4.78 is 0.826. The Labute approximate surface area is 124 Å². The zero-order valence-corrected chi connectivity index (χ0v) is 12.4. The SMILES string of the molecule is O=C(O)c1cc(I)ccc1NC(=O)[C@H]1CCCNC1. The molecular formula is C13H15IN2O3. The van der Waals surface area contributed by atoms with Crippen LogP contribution in [0.15, 0.2) is 18.2 Å². The maximum atomic E-state index is 12.1. The van der Waals surface area contributed by atoms with Crippen LogP contribution >= 0.6 is 22.6 Å². The molecule has 1 amide bonds. The highest BCUT2D eigenvalue weighted by Crippen LogP contribution is 2.21. The number of carbonyl (C=O) groups is 2. The molecule has 0 radical (unpaired) electrons. The highest BCUT2D eigenvalue weighted by Gasteiger charge is 2.22. The Hall–Kier alpha value is -1.15. The van der Waals surface area contributed by atoms with E-state index in [2.05, 4.69) is 10.6 Å². The van der Waals surface area contributed by atoms with Gasteiger partial charge in [-0.1, -0.05) is 0 Å². The molecule has 6 heteroatoms. The molecule has 0 unspecified atom stereocenters. The number of hydrogen-bond donors (Lipinski definition) is 3. The predicted molar refractivity (Wildman–Crippen MR) is 80.3 cm³/mol. The van der Waals surface area contributed by atoms with E-state index in [4.69, 9.17) is 5.11 Å². The molecule has 102 valence electrons. The number of nitrogens with one attached hydrogen (secondary N) is 2. The van der Waals surface area contributed by atoms with Gasteiger partial charge in [0.1, 0.15) is 0 Å². The Bertz CT molecular complexity index is 499. The second-order valence-corrected chi connectivity index (χ2v) is 5.77. The lowest BCUT2D eigenvalue weighted by atomic mass is 9.98. The molecule has 1 aliphatic rings. The molecule has 1 aromatic rings. The van der Waals surface area contributed by atoms with Crippen LogP contribution in [0.1, 0.15) is 23.2 Å². The number of rotatable bonds is 3. The Morgan fingerprint density at radius 3 is 2.84 bits per heavy atom. The first-order valence-electron chi connectivity index (χ1n) is 6.12. The standard InChI is InChI=1S/C13H15IN2O3/c14-9-3-4-11(10(6-9)13(18)19)16-12(17)8-2-1-5-15-7-8/h3-4,6,8,15H,1-2,5,7H2,(H,16,17)(H,18,19)/t8-/m0/s1. The number of piperidine rings is 1. The summed E-state index contributed by atoms with van der Waals surface area (Å²) in [6.07, 6.45) is 1.81. The van der Waals surface area contributed by atoms with Gasteiger partial charge in [-0.15, -0.1) is 0 Å². The van der Waals surface area contributed by atoms with Gasteiger partial charge in [0, 0.05) is 10.1 Å². The average Bonchev–Trinajstić information content (AvgIpc) is 2.41. The van der Waals surface area contributed by atoms with E-state index in [0.717, 1.165) is 23.0 Å². The second kappa shape index (κ2) is 6.33. The van der Waals surface area contributed by atoms with Crippen LogP contribution in [-0.4, -0.2) is 30.1 Å². The maximum Gasteiger partial charge on any atom is 0.337 e. The topological polar surface area (TPSA) is 78.4 Å². The Morgan fingerprint density at radius 1 is 1.42 bits per heavy atom. The van der Waals surface area contributed by atoms with E-state index in [9.17, 15) is 9.59 Å². The lowest BCUT2D eigenvalue weighted by molar-refractivity contribution is -0.120. The monoisotopic (exact) mass is 374 g/mol. The largest absolute Gasteiger partial charge is 0.478 e. The van der Waals surface area contributed by atoms with Crippen molar-refractivity contribution in [2.24, 2.45) is 5.92 Å². The second-order valence-electron chi connectivity index (χ2n) is 4.53. The van der Waals surface area contributed by atoms with E-state index in [1.165, 1.54) is 0 Å². The first kappa shape index (κ1) is 14.3. The molecule has 0 aromatic heterocycles. The van der Waals surface area contributed by atoms with Crippen LogP contribution in [-0.2, 0) is 4.79 Å². The highest BCUT2D eigenvalue weighted by atomic mass is 127. The molecule has 1 heterocycles. The van der Waals surface area contributed by atoms with Crippen LogP contribution < -0.4 is 10.6 Å². The van der Waals surface area contributed by atoms with Crippen molar-refractivity contribution in [3.05, 3.63) is 27.3 Å². The number of benzene rings is 1. The molecule has 0 aliphatic carbocycles. The Kier molecular flexibility index (Phi) is 4.76. The number of carboxylic acids is 1. The quantitative estimate of drug-likeness (QED) is 0.707. The van der Waals surface area contributed by atoms with E-state index in [-0.39, 0.29) is 17.4 Å². The fourth-order valence-electron chi connectivity index (χ4n) is 2.11. The third-order valence-corrected chi connectivity index (χ3v) is 3.81. The number of carbonyl (C=O) groups excluding carboxylic acids is 1. The molecule has 1 saturated heterocycles. The van der Waals surface area contributed by atoms with Crippen molar-refractivity contribution in [2.45, 2.75) is 12.8 Å². The van der Waals surface area contributed by atoms with Crippen LogP contribution in [0.3, 0.4) is 0 Å². The van der Waals surface area contributed by atoms with Crippen molar-refractivity contribution in [1.82, 2.24) is 5.32 Å². The first-order chi connectivity index (χ1) is 9.08. The zero-order valence-electron chi connectivity index (χ0n) is 10.3. The summed E-state index contributed by atoms with van der Waals surface area (Å²) in [5.74, 6) is -1.24. The normalized spacial score (nSPS) is 18.9. The van der Waals surface area contributed by atoms with Gasteiger partial charge >= 0.3 is 5.97 Å². The molecule has 1 aromatic carbocycles. The van der Waals surface area contributed by atoms with Crippen LogP contribution in [0.25, 0.3) is 0 Å². The molecule has 0 spiro atoms. The number of halogens is 1. The van der Waals surface area contributed by atoms with Gasteiger partial charge < -0.3 is 15.7 Å². The summed E-state index contributed by atoms with van der Waals surface area (Å²) >= 11 is 2.05. The molecule has 1 aliphatic heterocycles. The van der Waals surface area contributed by atoms with Crippen LogP contribution in [0.4, 0.5) is 5.69 Å². The van der Waals surface area contributed by atoms with Crippen LogP contribution in [0, 0.1) is 9.49 Å². The molecule has 0 saturated carbocycles. The molecule has 5 nitrogen and oxygen atoms in total. The number of aromatic carboxylic acids is 1. The molecule has 2 rings (SSSR count). The maximum absolute atomic E-state index is 12.1. The van der Waals surface area contributed by atoms with Gasteiger partial charge in [-0.3, -0.25) is 4.79 Å². The molecule has 0 bridgehead atoms. The van der Waals surface area contributed by atoms with Crippen LogP contribution in [0.2, 0.25) is 0 Å². The number of hydrogen-bond acceptors (Lipinski definition) is 3. The van der Waals surface area contributed by atoms with Crippen molar-refractivity contribution in [3.63, 3.8) is 0 Å². The van der Waals surface area contributed by atoms with Gasteiger partial charge in [0.15, 0.2) is 0 Å². The minimum Gasteiger partial charge on any atom is -0.478 e. The Morgan fingerprint density at radius 2 is 2.21 bits per heavy atom. The lowest BCUT2D eigenvalue weighted by Gasteiger charge is -2.22. The summed E-state index contributed by atoms with van der Waals surface area (Å²) in [4.78, 5) is 23.2. The summed E-state index contributed by atoms with van der Waals surface area (Å²) in [5, 5.41) is 15.0. The molecular weight excluding hydrogens is 359 g/mol. The minimum absolute atomic E-state index is 0.0883. The van der Waals surface area contributed by atoms with Gasteiger partial charge in [-0.25, -0.2) is 4.79 Å². The van der Waals surface area contributed by atoms with E-state index in [1.807, 2.05) is 22.6 Å². The predicted octanol–water partition coefficient (Wildman–Crippen LogP) is 1.93. The smallest absolute Gasteiger partial charge is 0.337 e. The van der Waals surface area contributed by atoms with E-state index in [0.29, 0.717) is 12.2 Å². The first-order valence-corrected chi connectivity index (χ1v) is 7.20.